The van der Waals surface area contributed by atoms with Gasteiger partial charge in [-0.3, -0.25) is 4.79 Å². The van der Waals surface area contributed by atoms with Crippen molar-refractivity contribution in [3.8, 4) is 11.5 Å². The lowest BCUT2D eigenvalue weighted by molar-refractivity contribution is 0.0734. The molecule has 0 saturated heterocycles. The Kier molecular flexibility index (Phi) is 8.34. The van der Waals surface area contributed by atoms with Gasteiger partial charge in [0, 0.05) is 15.6 Å². The highest BCUT2D eigenvalue weighted by molar-refractivity contribution is 6.30. The molecule has 0 saturated carbocycles. The molecule has 36 heavy (non-hydrogen) atoms. The van der Waals surface area contributed by atoms with Crippen LogP contribution in [0, 0.1) is 0 Å². The van der Waals surface area contributed by atoms with Crippen LogP contribution >= 0.6 is 23.2 Å². The zero-order valence-electron chi connectivity index (χ0n) is 18.9. The van der Waals surface area contributed by atoms with Crippen LogP contribution in [0.25, 0.3) is 0 Å². The van der Waals surface area contributed by atoms with E-state index in [4.69, 9.17) is 32.7 Å². The van der Waals surface area contributed by atoms with E-state index in [2.05, 4.69) is 10.5 Å². The van der Waals surface area contributed by atoms with Crippen molar-refractivity contribution >= 4 is 41.3 Å². The van der Waals surface area contributed by atoms with Crippen molar-refractivity contribution in [1.29, 1.82) is 0 Å². The van der Waals surface area contributed by atoms with Gasteiger partial charge in [-0.15, -0.1) is 0 Å². The molecule has 4 aromatic carbocycles. The third-order valence-electron chi connectivity index (χ3n) is 4.99. The van der Waals surface area contributed by atoms with Crippen molar-refractivity contribution in [2.45, 2.75) is 6.61 Å². The molecule has 6 nitrogen and oxygen atoms in total. The van der Waals surface area contributed by atoms with Crippen LogP contribution in [-0.2, 0) is 6.61 Å². The van der Waals surface area contributed by atoms with E-state index in [1.54, 1.807) is 84.9 Å². The Labute approximate surface area is 218 Å². The van der Waals surface area contributed by atoms with Crippen molar-refractivity contribution in [2.24, 2.45) is 5.10 Å². The summed E-state index contributed by atoms with van der Waals surface area (Å²) >= 11 is 11.7. The summed E-state index contributed by atoms with van der Waals surface area (Å²) in [6.45, 7) is 0.395. The first kappa shape index (κ1) is 25.0. The molecule has 0 atom stereocenters. The van der Waals surface area contributed by atoms with E-state index in [1.807, 2.05) is 12.1 Å². The SMILES string of the molecule is O=C(N/N=C/c1ccc(OC(=O)c2ccc(Cl)cc2)cc1)c1ccc(OCc2ccc(Cl)cc2)cc1. The number of ether oxygens (including phenoxy) is 2. The molecule has 4 aromatic rings. The van der Waals surface area contributed by atoms with Gasteiger partial charge in [-0.05, 0) is 96.1 Å². The minimum Gasteiger partial charge on any atom is -0.489 e. The molecule has 1 amide bonds. The summed E-state index contributed by atoms with van der Waals surface area (Å²) in [6, 6.07) is 27.3. The minimum atomic E-state index is -0.484. The van der Waals surface area contributed by atoms with E-state index < -0.39 is 5.97 Å². The second-order valence-corrected chi connectivity index (χ2v) is 8.48. The van der Waals surface area contributed by atoms with Crippen molar-refractivity contribution in [2.75, 3.05) is 0 Å². The Bertz CT molecular complexity index is 1350. The maximum absolute atomic E-state index is 12.3. The predicted molar refractivity (Wildman–Crippen MR) is 140 cm³/mol. The van der Waals surface area contributed by atoms with Crippen molar-refractivity contribution < 1.29 is 19.1 Å². The zero-order valence-corrected chi connectivity index (χ0v) is 20.4. The summed E-state index contributed by atoms with van der Waals surface area (Å²) in [5, 5.41) is 5.19. The number of hydrazone groups is 1. The van der Waals surface area contributed by atoms with Crippen LogP contribution in [0.15, 0.2) is 102 Å². The molecule has 0 aliphatic heterocycles. The maximum Gasteiger partial charge on any atom is 0.343 e. The van der Waals surface area contributed by atoms with E-state index in [9.17, 15) is 9.59 Å². The number of hydrogen-bond acceptors (Lipinski definition) is 5. The van der Waals surface area contributed by atoms with Crippen LogP contribution in [-0.4, -0.2) is 18.1 Å². The largest absolute Gasteiger partial charge is 0.489 e. The van der Waals surface area contributed by atoms with Crippen molar-refractivity contribution in [3.05, 3.63) is 129 Å². The molecule has 0 radical (unpaired) electrons. The van der Waals surface area contributed by atoms with Gasteiger partial charge in [0.1, 0.15) is 18.1 Å². The van der Waals surface area contributed by atoms with Gasteiger partial charge in [-0.1, -0.05) is 35.3 Å². The van der Waals surface area contributed by atoms with Crippen LogP contribution in [0.2, 0.25) is 10.0 Å². The van der Waals surface area contributed by atoms with E-state index in [1.165, 1.54) is 6.21 Å². The van der Waals surface area contributed by atoms with Gasteiger partial charge < -0.3 is 9.47 Å². The molecule has 8 heteroatoms. The Morgan fingerprint density at radius 2 is 1.28 bits per heavy atom. The van der Waals surface area contributed by atoms with Crippen LogP contribution in [0.5, 0.6) is 11.5 Å². The Hall–Kier alpha value is -4.13. The monoisotopic (exact) mass is 518 g/mol. The van der Waals surface area contributed by atoms with Crippen molar-refractivity contribution in [3.63, 3.8) is 0 Å². The van der Waals surface area contributed by atoms with Gasteiger partial charge in [0.2, 0.25) is 0 Å². The van der Waals surface area contributed by atoms with Crippen LogP contribution in [0.1, 0.15) is 31.8 Å². The first-order chi connectivity index (χ1) is 17.5. The lowest BCUT2D eigenvalue weighted by Crippen LogP contribution is -2.17. The molecule has 0 spiro atoms. The molecule has 4 rings (SSSR count). The quantitative estimate of drug-likeness (QED) is 0.124. The van der Waals surface area contributed by atoms with Gasteiger partial charge in [0.05, 0.1) is 11.8 Å². The summed E-state index contributed by atoms with van der Waals surface area (Å²) in [7, 11) is 0. The number of rotatable bonds is 8. The highest BCUT2D eigenvalue weighted by Gasteiger charge is 2.08. The molecule has 0 aromatic heterocycles. The fraction of sp³-hybridized carbons (Fsp3) is 0.0357. The standard InChI is InChI=1S/C28H20Cl2N2O4/c29-23-9-1-20(2-10-23)18-35-25-15-7-21(8-16-25)27(33)32-31-17-19-3-13-26(14-4-19)36-28(34)22-5-11-24(30)12-6-22/h1-17H,18H2,(H,32,33)/b31-17+. The lowest BCUT2D eigenvalue weighted by Gasteiger charge is -2.07. The summed E-state index contributed by atoms with van der Waals surface area (Å²) in [4.78, 5) is 24.5. The van der Waals surface area contributed by atoms with E-state index in [-0.39, 0.29) is 5.91 Å². The topological polar surface area (TPSA) is 77.0 Å². The molecular weight excluding hydrogens is 499 g/mol. The van der Waals surface area contributed by atoms with Crippen LogP contribution in [0.3, 0.4) is 0 Å². The number of esters is 1. The van der Waals surface area contributed by atoms with Crippen LogP contribution < -0.4 is 14.9 Å². The van der Waals surface area contributed by atoms with E-state index >= 15 is 0 Å². The van der Waals surface area contributed by atoms with Gasteiger partial charge in [-0.25, -0.2) is 10.2 Å². The molecule has 180 valence electrons. The zero-order chi connectivity index (χ0) is 25.3. The summed E-state index contributed by atoms with van der Waals surface area (Å²) in [5.74, 6) is 0.183. The Balaban J connectivity index is 1.25. The molecule has 0 aliphatic carbocycles. The third-order valence-corrected chi connectivity index (χ3v) is 5.49. The molecular formula is C28H20Cl2N2O4. The van der Waals surface area contributed by atoms with Crippen LogP contribution in [0.4, 0.5) is 0 Å². The van der Waals surface area contributed by atoms with Gasteiger partial charge in [0.25, 0.3) is 5.91 Å². The van der Waals surface area contributed by atoms with Gasteiger partial charge in [-0.2, -0.15) is 5.10 Å². The third kappa shape index (κ3) is 7.18. The molecule has 0 aliphatic rings. The highest BCUT2D eigenvalue weighted by Crippen LogP contribution is 2.17. The number of amides is 1. The fourth-order valence-electron chi connectivity index (χ4n) is 3.05. The Morgan fingerprint density at radius 1 is 0.722 bits per heavy atom. The Morgan fingerprint density at radius 3 is 1.92 bits per heavy atom. The number of nitrogens with one attached hydrogen (secondary N) is 1. The maximum atomic E-state index is 12.3. The first-order valence-electron chi connectivity index (χ1n) is 10.8. The van der Waals surface area contributed by atoms with Crippen molar-refractivity contribution in [1.82, 2.24) is 5.43 Å². The average Bonchev–Trinajstić information content (AvgIpc) is 2.90. The number of nitrogens with zero attached hydrogens (tertiary/aromatic N) is 1. The fourth-order valence-corrected chi connectivity index (χ4v) is 3.31. The molecule has 1 N–H and O–H groups in total. The molecule has 0 bridgehead atoms. The van der Waals surface area contributed by atoms with Gasteiger partial charge in [0.15, 0.2) is 0 Å². The summed E-state index contributed by atoms with van der Waals surface area (Å²) < 4.78 is 11.1. The number of carbonyl (C=O) groups excluding carboxylic acids is 2. The highest BCUT2D eigenvalue weighted by atomic mass is 35.5. The second-order valence-electron chi connectivity index (χ2n) is 7.60. The molecule has 0 unspecified atom stereocenters. The average molecular weight is 519 g/mol. The summed E-state index contributed by atoms with van der Waals surface area (Å²) in [5.41, 5.74) is 5.03. The normalized spacial score (nSPS) is 10.7. The lowest BCUT2D eigenvalue weighted by atomic mass is 10.2. The second kappa shape index (κ2) is 12.0. The smallest absolute Gasteiger partial charge is 0.343 e. The number of halogens is 2. The predicted octanol–water partition coefficient (Wildman–Crippen LogP) is 6.56. The summed E-state index contributed by atoms with van der Waals surface area (Å²) in [6.07, 6.45) is 1.49. The van der Waals surface area contributed by atoms with Gasteiger partial charge >= 0.3 is 5.97 Å². The minimum absolute atomic E-state index is 0.357. The van der Waals surface area contributed by atoms with E-state index in [0.29, 0.717) is 44.8 Å². The number of hydrogen-bond donors (Lipinski definition) is 1. The number of carbonyl (C=O) groups is 2. The molecule has 0 heterocycles. The van der Waals surface area contributed by atoms with E-state index in [0.717, 1.165) is 5.56 Å². The first-order valence-corrected chi connectivity index (χ1v) is 11.6. The number of benzene rings is 4. The molecule has 0 fully saturated rings.